The van der Waals surface area contributed by atoms with Crippen molar-refractivity contribution in [2.45, 2.75) is 11.3 Å². The molecule has 0 saturated heterocycles. The number of rotatable bonds is 5. The first kappa shape index (κ1) is 11.6. The molecule has 0 atom stereocenters. The van der Waals surface area contributed by atoms with E-state index in [1.54, 1.807) is 0 Å². The molecule has 0 aliphatic heterocycles. The minimum Gasteiger partial charge on any atom is -0.354 e. The van der Waals surface area contributed by atoms with Gasteiger partial charge in [0.15, 0.2) is 0 Å². The fourth-order valence-electron chi connectivity index (χ4n) is 0.974. The molecule has 0 bridgehead atoms. The average Bonchev–Trinajstić information content (AvgIpc) is 2.28. The fourth-order valence-corrected chi connectivity index (χ4v) is 1.72. The predicted octanol–water partition coefficient (Wildman–Crippen LogP) is 1.81. The summed E-state index contributed by atoms with van der Waals surface area (Å²) in [5, 5.41) is 11.0. The third-order valence-electron chi connectivity index (χ3n) is 1.67. The third-order valence-corrected chi connectivity index (χ3v) is 2.68. The van der Waals surface area contributed by atoms with Crippen LogP contribution in [0.4, 0.5) is 0 Å². The Morgan fingerprint density at radius 1 is 1.40 bits per heavy atom. The molecule has 0 aliphatic carbocycles. The van der Waals surface area contributed by atoms with Crippen molar-refractivity contribution in [3.8, 4) is 6.07 Å². The quantitative estimate of drug-likeness (QED) is 0.608. The largest absolute Gasteiger partial charge is 0.354 e. The van der Waals surface area contributed by atoms with Crippen molar-refractivity contribution in [2.24, 2.45) is 0 Å². The molecule has 1 aromatic rings. The molecule has 0 saturated carbocycles. The number of nitrogens with one attached hydrogen (secondary N) is 1. The van der Waals surface area contributed by atoms with E-state index in [-0.39, 0.29) is 5.91 Å². The molecule has 1 N–H and O–H groups in total. The van der Waals surface area contributed by atoms with Gasteiger partial charge in [-0.1, -0.05) is 18.2 Å². The van der Waals surface area contributed by atoms with Crippen LogP contribution in [0.15, 0.2) is 35.2 Å². The van der Waals surface area contributed by atoms with Crippen LogP contribution in [0.3, 0.4) is 0 Å². The van der Waals surface area contributed by atoms with Gasteiger partial charge in [-0.15, -0.1) is 11.8 Å². The van der Waals surface area contributed by atoms with Gasteiger partial charge >= 0.3 is 0 Å². The molecule has 0 unspecified atom stereocenters. The van der Waals surface area contributed by atoms with E-state index in [1.165, 1.54) is 11.8 Å². The van der Waals surface area contributed by atoms with E-state index < -0.39 is 0 Å². The Hall–Kier alpha value is -1.47. The molecular formula is C11H12N2OS. The molecule has 4 heteroatoms. The Labute approximate surface area is 93.5 Å². The zero-order chi connectivity index (χ0) is 10.9. The van der Waals surface area contributed by atoms with Crippen molar-refractivity contribution < 1.29 is 4.79 Å². The summed E-state index contributed by atoms with van der Waals surface area (Å²) in [7, 11) is 0. The van der Waals surface area contributed by atoms with Crippen LogP contribution in [0.25, 0.3) is 0 Å². The van der Waals surface area contributed by atoms with E-state index in [9.17, 15) is 4.79 Å². The first-order valence-electron chi connectivity index (χ1n) is 4.64. The van der Waals surface area contributed by atoms with E-state index in [0.717, 1.165) is 4.90 Å². The number of amides is 1. The van der Waals surface area contributed by atoms with Crippen LogP contribution < -0.4 is 5.32 Å². The summed E-state index contributed by atoms with van der Waals surface area (Å²) < 4.78 is 0. The standard InChI is InChI=1S/C11H12N2OS/c12-7-4-8-13-11(14)9-15-10-5-2-1-3-6-10/h1-3,5-6H,4,8-9H2,(H,13,14). The Balaban J connectivity index is 2.20. The molecule has 1 amide bonds. The number of hydrogen-bond acceptors (Lipinski definition) is 3. The topological polar surface area (TPSA) is 52.9 Å². The second-order valence-electron chi connectivity index (χ2n) is 2.86. The molecule has 0 heterocycles. The number of benzene rings is 1. The summed E-state index contributed by atoms with van der Waals surface area (Å²) in [6.45, 7) is 0.435. The lowest BCUT2D eigenvalue weighted by atomic mass is 10.4. The second kappa shape index (κ2) is 6.91. The van der Waals surface area contributed by atoms with Crippen molar-refractivity contribution in [1.82, 2.24) is 5.32 Å². The number of carbonyl (C=O) groups is 1. The first-order chi connectivity index (χ1) is 7.33. The van der Waals surface area contributed by atoms with Crippen molar-refractivity contribution in [2.75, 3.05) is 12.3 Å². The predicted molar refractivity (Wildman–Crippen MR) is 60.4 cm³/mol. The van der Waals surface area contributed by atoms with Crippen molar-refractivity contribution in [3.05, 3.63) is 30.3 Å². The molecule has 1 aromatic carbocycles. The Morgan fingerprint density at radius 2 is 2.13 bits per heavy atom. The van der Waals surface area contributed by atoms with Crippen LogP contribution in [0.5, 0.6) is 0 Å². The monoisotopic (exact) mass is 220 g/mol. The minimum atomic E-state index is -0.0286. The maximum absolute atomic E-state index is 11.2. The SMILES string of the molecule is N#CCCNC(=O)CSc1ccccc1. The van der Waals surface area contributed by atoms with Crippen LogP contribution >= 0.6 is 11.8 Å². The summed E-state index contributed by atoms with van der Waals surface area (Å²) >= 11 is 1.49. The van der Waals surface area contributed by atoms with Crippen molar-refractivity contribution in [3.63, 3.8) is 0 Å². The number of thioether (sulfide) groups is 1. The van der Waals surface area contributed by atoms with Crippen LogP contribution in [-0.4, -0.2) is 18.2 Å². The molecule has 1 rings (SSSR count). The lowest BCUT2D eigenvalue weighted by Crippen LogP contribution is -2.25. The van der Waals surface area contributed by atoms with Gasteiger partial charge in [0.25, 0.3) is 0 Å². The fraction of sp³-hybridized carbons (Fsp3) is 0.273. The summed E-state index contributed by atoms with van der Waals surface area (Å²) in [5.74, 6) is 0.370. The lowest BCUT2D eigenvalue weighted by molar-refractivity contribution is -0.118. The highest BCUT2D eigenvalue weighted by molar-refractivity contribution is 8.00. The van der Waals surface area contributed by atoms with E-state index in [1.807, 2.05) is 36.4 Å². The number of nitriles is 1. The third kappa shape index (κ3) is 5.08. The van der Waals surface area contributed by atoms with Gasteiger partial charge in [0, 0.05) is 11.4 Å². The maximum atomic E-state index is 11.2. The number of carbonyl (C=O) groups excluding carboxylic acids is 1. The van der Waals surface area contributed by atoms with Gasteiger partial charge < -0.3 is 5.32 Å². The van der Waals surface area contributed by atoms with Gasteiger partial charge in [-0.25, -0.2) is 0 Å². The molecule has 0 aliphatic rings. The molecule has 0 aromatic heterocycles. The number of hydrogen-bond donors (Lipinski definition) is 1. The Kier molecular flexibility index (Phi) is 5.34. The van der Waals surface area contributed by atoms with E-state index >= 15 is 0 Å². The molecule has 15 heavy (non-hydrogen) atoms. The van der Waals surface area contributed by atoms with Gasteiger partial charge in [-0.2, -0.15) is 5.26 Å². The minimum absolute atomic E-state index is 0.0286. The zero-order valence-electron chi connectivity index (χ0n) is 8.27. The second-order valence-corrected chi connectivity index (χ2v) is 3.91. The van der Waals surface area contributed by atoms with Gasteiger partial charge in [0.2, 0.25) is 5.91 Å². The molecule has 0 spiro atoms. The van der Waals surface area contributed by atoms with Gasteiger partial charge in [-0.05, 0) is 12.1 Å². The van der Waals surface area contributed by atoms with Crippen LogP contribution in [-0.2, 0) is 4.79 Å². The summed E-state index contributed by atoms with van der Waals surface area (Å²) in [6.07, 6.45) is 0.363. The van der Waals surface area contributed by atoms with Crippen LogP contribution in [0, 0.1) is 11.3 Å². The van der Waals surface area contributed by atoms with E-state index in [4.69, 9.17) is 5.26 Å². The van der Waals surface area contributed by atoms with Crippen LogP contribution in [0.1, 0.15) is 6.42 Å². The molecule has 0 fully saturated rings. The lowest BCUT2D eigenvalue weighted by Gasteiger charge is -2.02. The summed E-state index contributed by atoms with van der Waals surface area (Å²) in [4.78, 5) is 12.3. The highest BCUT2D eigenvalue weighted by Crippen LogP contribution is 2.15. The highest BCUT2D eigenvalue weighted by Gasteiger charge is 2.00. The molecule has 0 radical (unpaired) electrons. The average molecular weight is 220 g/mol. The zero-order valence-corrected chi connectivity index (χ0v) is 9.09. The van der Waals surface area contributed by atoms with E-state index in [0.29, 0.717) is 18.7 Å². The molecule has 78 valence electrons. The van der Waals surface area contributed by atoms with Gasteiger partial charge in [-0.3, -0.25) is 4.79 Å². The van der Waals surface area contributed by atoms with E-state index in [2.05, 4.69) is 5.32 Å². The van der Waals surface area contributed by atoms with Gasteiger partial charge in [0.05, 0.1) is 18.2 Å². The van der Waals surface area contributed by atoms with Crippen LogP contribution in [0.2, 0.25) is 0 Å². The smallest absolute Gasteiger partial charge is 0.230 e. The van der Waals surface area contributed by atoms with Gasteiger partial charge in [0.1, 0.15) is 0 Å². The maximum Gasteiger partial charge on any atom is 0.230 e. The van der Waals surface area contributed by atoms with Crippen molar-refractivity contribution in [1.29, 1.82) is 5.26 Å². The first-order valence-corrected chi connectivity index (χ1v) is 5.63. The number of nitrogens with zero attached hydrogens (tertiary/aromatic N) is 1. The summed E-state index contributed by atoms with van der Waals surface area (Å²) in [5.41, 5.74) is 0. The Bertz CT molecular complexity index is 345. The highest BCUT2D eigenvalue weighted by atomic mass is 32.2. The normalized spacial score (nSPS) is 9.27. The summed E-state index contributed by atoms with van der Waals surface area (Å²) in [6, 6.07) is 11.7. The van der Waals surface area contributed by atoms with Crippen molar-refractivity contribution >= 4 is 17.7 Å². The molecule has 3 nitrogen and oxygen atoms in total. The molecular weight excluding hydrogens is 208 g/mol. The Morgan fingerprint density at radius 3 is 2.80 bits per heavy atom.